The molecule has 0 aliphatic carbocycles. The average Bonchev–Trinajstić information content (AvgIpc) is 2.01. The molecule has 76 valence electrons. The number of carbonyl (C=O) groups is 1. The van der Waals surface area contributed by atoms with Crippen LogP contribution in [0, 0.1) is 19.7 Å². The van der Waals surface area contributed by atoms with Gasteiger partial charge in [0.15, 0.2) is 5.78 Å². The van der Waals surface area contributed by atoms with Crippen molar-refractivity contribution in [2.45, 2.75) is 33.6 Å². The Hall–Kier alpha value is -1.18. The predicted octanol–water partition coefficient (Wildman–Crippen LogP) is 3.43. The van der Waals surface area contributed by atoms with Crippen molar-refractivity contribution in [3.05, 3.63) is 34.6 Å². The maximum Gasteiger partial charge on any atom is 0.166 e. The highest BCUT2D eigenvalue weighted by Gasteiger charge is 2.13. The van der Waals surface area contributed by atoms with Crippen molar-refractivity contribution in [3.8, 4) is 0 Å². The van der Waals surface area contributed by atoms with Crippen LogP contribution in [0.25, 0.3) is 0 Å². The summed E-state index contributed by atoms with van der Waals surface area (Å²) in [6, 6.07) is 3.25. The molecule has 0 saturated carbocycles. The van der Waals surface area contributed by atoms with Crippen molar-refractivity contribution in [1.82, 2.24) is 0 Å². The van der Waals surface area contributed by atoms with E-state index in [0.29, 0.717) is 6.42 Å². The van der Waals surface area contributed by atoms with Gasteiger partial charge >= 0.3 is 0 Å². The van der Waals surface area contributed by atoms with Gasteiger partial charge in [-0.1, -0.05) is 13.0 Å². The lowest BCUT2D eigenvalue weighted by molar-refractivity contribution is 0.0977. The number of aryl methyl sites for hydroxylation is 2. The van der Waals surface area contributed by atoms with Crippen molar-refractivity contribution in [2.75, 3.05) is 0 Å². The van der Waals surface area contributed by atoms with E-state index in [0.717, 1.165) is 17.5 Å². The van der Waals surface area contributed by atoms with Gasteiger partial charge in [0, 0.05) is 6.42 Å². The van der Waals surface area contributed by atoms with E-state index < -0.39 is 0 Å². The van der Waals surface area contributed by atoms with Crippen LogP contribution in [0.2, 0.25) is 0 Å². The number of rotatable bonds is 3. The molecule has 0 bridgehead atoms. The third kappa shape index (κ3) is 2.19. The first-order chi connectivity index (χ1) is 6.56. The molecule has 0 unspecified atom stereocenters. The maximum atomic E-state index is 13.5. The number of ketones is 1. The van der Waals surface area contributed by atoms with Crippen molar-refractivity contribution < 1.29 is 9.18 Å². The highest BCUT2D eigenvalue weighted by Crippen LogP contribution is 2.17. The summed E-state index contributed by atoms with van der Waals surface area (Å²) in [4.78, 5) is 11.6. The fourth-order valence-corrected chi connectivity index (χ4v) is 1.62. The lowest BCUT2D eigenvalue weighted by Gasteiger charge is -2.06. The van der Waals surface area contributed by atoms with Gasteiger partial charge in [0.1, 0.15) is 5.82 Å². The molecule has 14 heavy (non-hydrogen) atoms. The fraction of sp³-hybridized carbons (Fsp3) is 0.417. The van der Waals surface area contributed by atoms with E-state index in [4.69, 9.17) is 0 Å². The maximum absolute atomic E-state index is 13.5. The van der Waals surface area contributed by atoms with Gasteiger partial charge in [-0.3, -0.25) is 4.79 Å². The first kappa shape index (κ1) is 10.9. The molecule has 0 aliphatic heterocycles. The summed E-state index contributed by atoms with van der Waals surface area (Å²) in [7, 11) is 0. The minimum Gasteiger partial charge on any atom is -0.294 e. The highest BCUT2D eigenvalue weighted by molar-refractivity contribution is 5.97. The predicted molar refractivity (Wildman–Crippen MR) is 55.1 cm³/mol. The van der Waals surface area contributed by atoms with Crippen LogP contribution in [0.1, 0.15) is 41.3 Å². The summed E-state index contributed by atoms with van der Waals surface area (Å²) in [5.74, 6) is -0.483. The lowest BCUT2D eigenvalue weighted by atomic mass is 9.99. The Balaban J connectivity index is 3.14. The van der Waals surface area contributed by atoms with Crippen molar-refractivity contribution in [3.63, 3.8) is 0 Å². The van der Waals surface area contributed by atoms with Crippen molar-refractivity contribution in [1.29, 1.82) is 0 Å². The number of halogens is 1. The SMILES string of the molecule is CCCC(=O)c1c(C)cc(C)cc1F. The summed E-state index contributed by atoms with van der Waals surface area (Å²) < 4.78 is 13.5. The van der Waals surface area contributed by atoms with Gasteiger partial charge in [0.25, 0.3) is 0 Å². The molecule has 0 aliphatic rings. The van der Waals surface area contributed by atoms with E-state index in [1.165, 1.54) is 6.07 Å². The second-order valence-electron chi connectivity index (χ2n) is 3.61. The van der Waals surface area contributed by atoms with E-state index in [-0.39, 0.29) is 17.2 Å². The highest BCUT2D eigenvalue weighted by atomic mass is 19.1. The second kappa shape index (κ2) is 4.36. The van der Waals surface area contributed by atoms with Crippen LogP contribution in [0.3, 0.4) is 0 Å². The Labute approximate surface area is 83.9 Å². The molecule has 0 aromatic heterocycles. The number of carbonyl (C=O) groups excluding carboxylic acids is 1. The topological polar surface area (TPSA) is 17.1 Å². The number of Topliss-reactive ketones (excluding diaryl/α,β-unsaturated/α-hetero) is 1. The van der Waals surface area contributed by atoms with E-state index in [1.807, 2.05) is 19.9 Å². The van der Waals surface area contributed by atoms with Gasteiger partial charge in [-0.2, -0.15) is 0 Å². The van der Waals surface area contributed by atoms with Crippen LogP contribution in [0.4, 0.5) is 4.39 Å². The van der Waals surface area contributed by atoms with E-state index in [2.05, 4.69) is 0 Å². The zero-order valence-electron chi connectivity index (χ0n) is 8.86. The first-order valence-electron chi connectivity index (χ1n) is 4.86. The van der Waals surface area contributed by atoms with Gasteiger partial charge in [-0.15, -0.1) is 0 Å². The second-order valence-corrected chi connectivity index (χ2v) is 3.61. The summed E-state index contributed by atoms with van der Waals surface area (Å²) in [6.07, 6.45) is 1.17. The quantitative estimate of drug-likeness (QED) is 0.674. The fourth-order valence-electron chi connectivity index (χ4n) is 1.62. The number of hydrogen-bond acceptors (Lipinski definition) is 1. The molecule has 0 atom stereocenters. The smallest absolute Gasteiger partial charge is 0.166 e. The Bertz CT molecular complexity index is 332. The molecule has 0 heterocycles. The van der Waals surface area contributed by atoms with Gasteiger partial charge in [0.05, 0.1) is 5.56 Å². The molecule has 0 radical (unpaired) electrons. The van der Waals surface area contributed by atoms with Crippen LogP contribution in [-0.4, -0.2) is 5.78 Å². The van der Waals surface area contributed by atoms with Crippen LogP contribution < -0.4 is 0 Å². The van der Waals surface area contributed by atoms with Gasteiger partial charge in [0.2, 0.25) is 0 Å². The largest absolute Gasteiger partial charge is 0.294 e. The van der Waals surface area contributed by atoms with Gasteiger partial charge in [-0.05, 0) is 37.5 Å². The standard InChI is InChI=1S/C12H15FO/c1-4-5-11(14)12-9(3)6-8(2)7-10(12)13/h6-7H,4-5H2,1-3H3. The average molecular weight is 194 g/mol. The van der Waals surface area contributed by atoms with Crippen LogP contribution >= 0.6 is 0 Å². The van der Waals surface area contributed by atoms with Crippen LogP contribution in [0.15, 0.2) is 12.1 Å². The molecule has 0 amide bonds. The van der Waals surface area contributed by atoms with Crippen LogP contribution in [0.5, 0.6) is 0 Å². The number of benzene rings is 1. The zero-order valence-corrected chi connectivity index (χ0v) is 8.86. The molecule has 2 heteroatoms. The molecule has 0 N–H and O–H groups in total. The van der Waals surface area contributed by atoms with Crippen LogP contribution in [-0.2, 0) is 0 Å². The summed E-state index contributed by atoms with van der Waals surface area (Å²) in [5, 5.41) is 0. The molecule has 1 rings (SSSR count). The molecule has 1 nitrogen and oxygen atoms in total. The van der Waals surface area contributed by atoms with E-state index in [1.54, 1.807) is 6.92 Å². The molecule has 1 aromatic rings. The summed E-state index contributed by atoms with van der Waals surface area (Å²) >= 11 is 0. The normalized spacial score (nSPS) is 10.3. The van der Waals surface area contributed by atoms with E-state index >= 15 is 0 Å². The van der Waals surface area contributed by atoms with Gasteiger partial charge in [-0.25, -0.2) is 4.39 Å². The van der Waals surface area contributed by atoms with Crippen molar-refractivity contribution in [2.24, 2.45) is 0 Å². The molecule has 0 saturated heterocycles. The van der Waals surface area contributed by atoms with E-state index in [9.17, 15) is 9.18 Å². The number of hydrogen-bond donors (Lipinski definition) is 0. The molecule has 1 aromatic carbocycles. The monoisotopic (exact) mass is 194 g/mol. The third-order valence-electron chi connectivity index (χ3n) is 2.19. The molecule has 0 fully saturated rings. The van der Waals surface area contributed by atoms with Crippen molar-refractivity contribution >= 4 is 5.78 Å². The molecule has 0 spiro atoms. The summed E-state index contributed by atoms with van der Waals surface area (Å²) in [6.45, 7) is 5.52. The summed E-state index contributed by atoms with van der Waals surface area (Å²) in [5.41, 5.74) is 1.85. The Kier molecular flexibility index (Phi) is 3.39. The minimum absolute atomic E-state index is 0.0949. The lowest BCUT2D eigenvalue weighted by Crippen LogP contribution is -2.05. The zero-order chi connectivity index (χ0) is 10.7. The Morgan fingerprint density at radius 1 is 1.36 bits per heavy atom. The Morgan fingerprint density at radius 2 is 2.00 bits per heavy atom. The molecular formula is C12H15FO. The Morgan fingerprint density at radius 3 is 2.50 bits per heavy atom. The minimum atomic E-state index is -0.388. The molecular weight excluding hydrogens is 179 g/mol. The first-order valence-corrected chi connectivity index (χ1v) is 4.86. The van der Waals surface area contributed by atoms with Gasteiger partial charge < -0.3 is 0 Å². The third-order valence-corrected chi connectivity index (χ3v) is 2.19.